The molecule has 1 saturated heterocycles. The minimum Gasteiger partial charge on any atom is -0.357 e. The Bertz CT molecular complexity index is 671. The van der Waals surface area contributed by atoms with E-state index in [1.807, 2.05) is 0 Å². The average Bonchev–Trinajstić information content (AvgIpc) is 3.12. The maximum Gasteiger partial charge on any atom is 0.193 e. The number of benzene rings is 1. The molecule has 130 valence electrons. The van der Waals surface area contributed by atoms with Crippen LogP contribution in [0.15, 0.2) is 29.3 Å². The molecule has 0 atom stereocenters. The van der Waals surface area contributed by atoms with Gasteiger partial charge in [0.25, 0.3) is 0 Å². The van der Waals surface area contributed by atoms with Crippen molar-refractivity contribution in [3.8, 4) is 0 Å². The first-order valence-corrected chi connectivity index (χ1v) is 9.77. The van der Waals surface area contributed by atoms with Crippen LogP contribution >= 0.6 is 11.3 Å². The molecule has 1 aromatic heterocycles. The van der Waals surface area contributed by atoms with Crippen LogP contribution in [-0.2, 0) is 6.42 Å². The summed E-state index contributed by atoms with van der Waals surface area (Å²) in [6, 6.07) is 8.37. The number of hydrogen-bond donors (Lipinski definition) is 1. The fourth-order valence-corrected chi connectivity index (χ4v) is 4.17. The van der Waals surface area contributed by atoms with Crippen LogP contribution < -0.4 is 5.32 Å². The maximum atomic E-state index is 4.84. The summed E-state index contributed by atoms with van der Waals surface area (Å²) in [5, 5.41) is 4.67. The number of thiazole rings is 1. The molecule has 5 heteroatoms. The molecule has 0 saturated carbocycles. The van der Waals surface area contributed by atoms with Gasteiger partial charge in [0.2, 0.25) is 0 Å². The lowest BCUT2D eigenvalue weighted by atomic mass is 9.93. The number of hydrogen-bond acceptors (Lipinski definition) is 3. The Morgan fingerprint density at radius 2 is 2.21 bits per heavy atom. The van der Waals surface area contributed by atoms with Crippen LogP contribution in [0.1, 0.15) is 38.6 Å². The molecular formula is C19H28N4S. The van der Waals surface area contributed by atoms with Gasteiger partial charge in [-0.2, -0.15) is 0 Å². The summed E-state index contributed by atoms with van der Waals surface area (Å²) in [5.74, 6) is 1.08. The van der Waals surface area contributed by atoms with Crippen molar-refractivity contribution in [1.82, 2.24) is 15.2 Å². The molecule has 2 heterocycles. The van der Waals surface area contributed by atoms with E-state index in [4.69, 9.17) is 9.98 Å². The molecule has 0 unspecified atom stereocenters. The smallest absolute Gasteiger partial charge is 0.193 e. The van der Waals surface area contributed by atoms with Crippen LogP contribution in [0.4, 0.5) is 0 Å². The maximum absolute atomic E-state index is 4.84. The van der Waals surface area contributed by atoms with E-state index in [0.717, 1.165) is 50.5 Å². The third-order valence-electron chi connectivity index (χ3n) is 4.46. The highest BCUT2D eigenvalue weighted by Gasteiger charge is 2.30. The minimum absolute atomic E-state index is 0.400. The van der Waals surface area contributed by atoms with E-state index in [9.17, 15) is 0 Å². The molecule has 1 aliphatic rings. The third kappa shape index (κ3) is 4.26. The lowest BCUT2D eigenvalue weighted by Gasteiger charge is -2.23. The fraction of sp³-hybridized carbons (Fsp3) is 0.579. The summed E-state index contributed by atoms with van der Waals surface area (Å²) in [5.41, 5.74) is 1.52. The van der Waals surface area contributed by atoms with Gasteiger partial charge in [-0.05, 0) is 37.3 Å². The Balaban J connectivity index is 1.55. The molecule has 24 heavy (non-hydrogen) atoms. The van der Waals surface area contributed by atoms with E-state index in [1.165, 1.54) is 16.1 Å². The van der Waals surface area contributed by atoms with Gasteiger partial charge in [0, 0.05) is 32.6 Å². The molecule has 4 nitrogen and oxygen atoms in total. The van der Waals surface area contributed by atoms with Crippen LogP contribution in [-0.4, -0.2) is 42.0 Å². The third-order valence-corrected chi connectivity index (χ3v) is 5.56. The van der Waals surface area contributed by atoms with Gasteiger partial charge in [-0.15, -0.1) is 11.3 Å². The zero-order valence-electron chi connectivity index (χ0n) is 15.0. The van der Waals surface area contributed by atoms with E-state index in [0.29, 0.717) is 5.41 Å². The topological polar surface area (TPSA) is 40.5 Å². The number of likely N-dealkylation sites (tertiary alicyclic amines) is 1. The first kappa shape index (κ1) is 17.2. The Morgan fingerprint density at radius 3 is 2.92 bits per heavy atom. The average molecular weight is 345 g/mol. The second kappa shape index (κ2) is 7.51. The van der Waals surface area contributed by atoms with Crippen LogP contribution in [0.3, 0.4) is 0 Å². The molecular weight excluding hydrogens is 316 g/mol. The molecule has 1 aliphatic heterocycles. The first-order valence-electron chi connectivity index (χ1n) is 8.95. The van der Waals surface area contributed by atoms with Crippen molar-refractivity contribution in [2.24, 2.45) is 10.4 Å². The number of guanidine groups is 1. The van der Waals surface area contributed by atoms with Gasteiger partial charge < -0.3 is 10.2 Å². The Morgan fingerprint density at radius 1 is 1.38 bits per heavy atom. The molecule has 0 spiro atoms. The van der Waals surface area contributed by atoms with Crippen LogP contribution in [0.2, 0.25) is 0 Å². The fourth-order valence-electron chi connectivity index (χ4n) is 3.16. The van der Waals surface area contributed by atoms with Gasteiger partial charge in [-0.1, -0.05) is 26.0 Å². The molecule has 1 N–H and O–H groups in total. The lowest BCUT2D eigenvalue weighted by molar-refractivity contribution is 0.370. The summed E-state index contributed by atoms with van der Waals surface area (Å²) in [4.78, 5) is 11.9. The summed E-state index contributed by atoms with van der Waals surface area (Å²) in [7, 11) is 0. The van der Waals surface area contributed by atoms with Gasteiger partial charge in [-0.3, -0.25) is 4.99 Å². The van der Waals surface area contributed by atoms with E-state index >= 15 is 0 Å². The van der Waals surface area contributed by atoms with E-state index in [2.05, 4.69) is 55.3 Å². The van der Waals surface area contributed by atoms with Crippen molar-refractivity contribution in [3.63, 3.8) is 0 Å². The molecule has 1 aromatic carbocycles. The number of nitrogens with one attached hydrogen (secondary N) is 1. The van der Waals surface area contributed by atoms with E-state index in [-0.39, 0.29) is 0 Å². The number of fused-ring (bicyclic) bond motifs is 1. The van der Waals surface area contributed by atoms with E-state index in [1.54, 1.807) is 11.3 Å². The number of rotatable bonds is 5. The number of aryl methyl sites for hydroxylation is 1. The van der Waals surface area contributed by atoms with Gasteiger partial charge >= 0.3 is 0 Å². The Labute approximate surface area is 149 Å². The van der Waals surface area contributed by atoms with Gasteiger partial charge in [0.15, 0.2) is 5.96 Å². The Kier molecular flexibility index (Phi) is 5.39. The molecule has 1 fully saturated rings. The normalized spacial score (nSPS) is 17.6. The van der Waals surface area contributed by atoms with Gasteiger partial charge in [-0.25, -0.2) is 4.98 Å². The molecule has 2 aromatic rings. The molecule has 0 amide bonds. The van der Waals surface area contributed by atoms with Crippen LogP contribution in [0.25, 0.3) is 10.2 Å². The minimum atomic E-state index is 0.400. The number of nitrogens with zero attached hydrogens (tertiary/aromatic N) is 3. The zero-order valence-corrected chi connectivity index (χ0v) is 15.8. The second-order valence-electron chi connectivity index (χ2n) is 7.25. The summed E-state index contributed by atoms with van der Waals surface area (Å²) in [6.07, 6.45) is 3.29. The van der Waals surface area contributed by atoms with Crippen LogP contribution in [0.5, 0.6) is 0 Å². The van der Waals surface area contributed by atoms with Crippen molar-refractivity contribution < 1.29 is 0 Å². The zero-order chi connectivity index (χ0) is 17.0. The lowest BCUT2D eigenvalue weighted by Crippen LogP contribution is -2.40. The predicted octanol–water partition coefficient (Wildman–Crippen LogP) is 3.93. The van der Waals surface area contributed by atoms with Gasteiger partial charge in [0.1, 0.15) is 0 Å². The molecule has 0 radical (unpaired) electrons. The second-order valence-corrected chi connectivity index (χ2v) is 8.37. The van der Waals surface area contributed by atoms with Crippen molar-refractivity contribution in [2.75, 3.05) is 26.2 Å². The number of para-hydroxylation sites is 1. The largest absolute Gasteiger partial charge is 0.357 e. The highest BCUT2D eigenvalue weighted by Crippen LogP contribution is 2.28. The molecule has 3 rings (SSSR count). The molecule has 0 bridgehead atoms. The quantitative estimate of drug-likeness (QED) is 0.508. The van der Waals surface area contributed by atoms with Crippen molar-refractivity contribution in [2.45, 2.75) is 40.0 Å². The van der Waals surface area contributed by atoms with Crippen molar-refractivity contribution >= 4 is 27.5 Å². The van der Waals surface area contributed by atoms with Crippen molar-refractivity contribution in [1.29, 1.82) is 0 Å². The number of aliphatic imine (C=N–C) groups is 1. The molecule has 0 aliphatic carbocycles. The number of aromatic nitrogens is 1. The first-order chi connectivity index (χ1) is 11.6. The SMILES string of the molecule is CCNC(=NCCCc1nc2ccccc2s1)N1CCC(C)(C)C1. The summed E-state index contributed by atoms with van der Waals surface area (Å²) >= 11 is 1.81. The monoisotopic (exact) mass is 344 g/mol. The van der Waals surface area contributed by atoms with E-state index < -0.39 is 0 Å². The predicted molar refractivity (Wildman–Crippen MR) is 104 cm³/mol. The summed E-state index contributed by atoms with van der Waals surface area (Å²) < 4.78 is 1.28. The highest BCUT2D eigenvalue weighted by atomic mass is 32.1. The summed E-state index contributed by atoms with van der Waals surface area (Å²) in [6.45, 7) is 10.8. The van der Waals surface area contributed by atoms with Crippen LogP contribution in [0, 0.1) is 5.41 Å². The Hall–Kier alpha value is -1.62. The highest BCUT2D eigenvalue weighted by molar-refractivity contribution is 7.18. The van der Waals surface area contributed by atoms with Gasteiger partial charge in [0.05, 0.1) is 15.2 Å². The van der Waals surface area contributed by atoms with Crippen molar-refractivity contribution in [3.05, 3.63) is 29.3 Å². The standard InChI is InChI=1S/C19H28N4S/c1-4-20-18(23-13-11-19(2,3)14-23)21-12-7-10-17-22-15-8-5-6-9-16(15)24-17/h5-6,8-9H,4,7,10-14H2,1-3H3,(H,20,21).